The molecule has 3 N–H and O–H groups in total. The molecular weight excluding hydrogens is 607 g/mol. The lowest BCUT2D eigenvalue weighted by molar-refractivity contribution is -0.140. The van der Waals surface area contributed by atoms with Gasteiger partial charge in [0.25, 0.3) is 0 Å². The van der Waals surface area contributed by atoms with Gasteiger partial charge in [-0.1, -0.05) is 6.08 Å². The van der Waals surface area contributed by atoms with E-state index in [1.54, 1.807) is 17.0 Å². The van der Waals surface area contributed by atoms with E-state index in [0.29, 0.717) is 45.5 Å². The Balaban J connectivity index is 1.99. The molecule has 0 bridgehead atoms. The van der Waals surface area contributed by atoms with E-state index < -0.39 is 24.2 Å². The van der Waals surface area contributed by atoms with Crippen molar-refractivity contribution in [2.45, 2.75) is 56.5 Å². The fourth-order valence-corrected chi connectivity index (χ4v) is 5.39. The predicted molar refractivity (Wildman–Crippen MR) is 148 cm³/mol. The van der Waals surface area contributed by atoms with Gasteiger partial charge in [0.2, 0.25) is 11.8 Å². The summed E-state index contributed by atoms with van der Waals surface area (Å²) < 4.78 is 18.0. The summed E-state index contributed by atoms with van der Waals surface area (Å²) in [5.41, 5.74) is 0.724. The van der Waals surface area contributed by atoms with Crippen molar-refractivity contribution in [3.8, 4) is 11.5 Å². The Kier molecular flexibility index (Phi) is 11.6. The molecule has 0 aromatic heterocycles. The van der Waals surface area contributed by atoms with Crippen molar-refractivity contribution in [2.24, 2.45) is 0 Å². The van der Waals surface area contributed by atoms with Gasteiger partial charge in [-0.25, -0.2) is 0 Å². The summed E-state index contributed by atoms with van der Waals surface area (Å²) in [6, 6.07) is 2.39. The van der Waals surface area contributed by atoms with E-state index >= 15 is 0 Å². The second kappa shape index (κ2) is 14.6. The van der Waals surface area contributed by atoms with E-state index in [9.17, 15) is 24.6 Å². The van der Waals surface area contributed by atoms with Crippen LogP contribution >= 0.6 is 22.6 Å². The molecule has 2 aliphatic rings. The number of halogens is 1. The van der Waals surface area contributed by atoms with Crippen LogP contribution in [0.3, 0.4) is 0 Å². The average molecular weight is 642 g/mol. The molecule has 2 amide bonds. The van der Waals surface area contributed by atoms with Crippen LogP contribution < -0.4 is 14.8 Å². The van der Waals surface area contributed by atoms with Crippen molar-refractivity contribution in [2.75, 3.05) is 33.4 Å². The summed E-state index contributed by atoms with van der Waals surface area (Å²) >= 11 is 2.01. The minimum atomic E-state index is -1.18. The van der Waals surface area contributed by atoms with Crippen LogP contribution in [0.4, 0.5) is 0 Å². The molecule has 0 radical (unpaired) electrons. The normalized spacial score (nSPS) is 22.8. The second-order valence-electron chi connectivity index (χ2n) is 9.18. The van der Waals surface area contributed by atoms with Crippen LogP contribution in [0.5, 0.6) is 11.5 Å². The molecule has 1 aliphatic carbocycles. The summed E-state index contributed by atoms with van der Waals surface area (Å²) in [4.78, 5) is 39.2. The average Bonchev–Trinajstić information content (AvgIpc) is 3.44. The molecule has 1 aromatic rings. The minimum Gasteiger partial charge on any atom is -0.493 e. The van der Waals surface area contributed by atoms with Crippen molar-refractivity contribution < 1.29 is 38.8 Å². The van der Waals surface area contributed by atoms with Crippen LogP contribution in [0.1, 0.15) is 42.5 Å². The van der Waals surface area contributed by atoms with Gasteiger partial charge in [-0.05, 0) is 60.1 Å². The van der Waals surface area contributed by atoms with Gasteiger partial charge in [-0.3, -0.25) is 14.4 Å². The lowest BCUT2D eigenvalue weighted by Crippen LogP contribution is -2.56. The molecular formula is C27H35IN2O8. The summed E-state index contributed by atoms with van der Waals surface area (Å²) in [5, 5.41) is 23.4. The highest BCUT2D eigenvalue weighted by Crippen LogP contribution is 2.37. The summed E-state index contributed by atoms with van der Waals surface area (Å²) in [6.45, 7) is 4.43. The number of amides is 2. The first-order valence-corrected chi connectivity index (χ1v) is 13.7. The Hall–Kier alpha value is -2.48. The number of aliphatic hydroxyl groups is 2. The van der Waals surface area contributed by atoms with Gasteiger partial charge in [0.1, 0.15) is 18.5 Å². The maximum absolute atomic E-state index is 13.3. The summed E-state index contributed by atoms with van der Waals surface area (Å²) in [7, 11) is 1.44. The summed E-state index contributed by atoms with van der Waals surface area (Å²) in [6.07, 6.45) is 4.02. The molecule has 10 nitrogen and oxygen atoms in total. The van der Waals surface area contributed by atoms with Gasteiger partial charge in [0.05, 0.1) is 29.4 Å². The highest BCUT2D eigenvalue weighted by Gasteiger charge is 2.41. The SMILES string of the molecule is C=CCCC(=O)N(CC1CCCO1)C1CC(C(=O)NCCO)=CC(Oc2c(I)cc(C=O)cc2OC)C1O. The third-order valence-electron chi connectivity index (χ3n) is 6.56. The monoisotopic (exact) mass is 642 g/mol. The van der Waals surface area contributed by atoms with Gasteiger partial charge in [0, 0.05) is 43.7 Å². The van der Waals surface area contributed by atoms with Gasteiger partial charge >= 0.3 is 0 Å². The third kappa shape index (κ3) is 7.55. The Labute approximate surface area is 236 Å². The maximum Gasteiger partial charge on any atom is 0.247 e. The molecule has 4 unspecified atom stereocenters. The molecule has 1 aromatic carbocycles. The van der Waals surface area contributed by atoms with Crippen LogP contribution in [0.25, 0.3) is 0 Å². The molecule has 1 saturated heterocycles. The number of aldehydes is 1. The number of ether oxygens (including phenoxy) is 3. The molecule has 1 fully saturated rings. The Morgan fingerprint density at radius 3 is 2.79 bits per heavy atom. The first-order chi connectivity index (χ1) is 18.3. The first-order valence-electron chi connectivity index (χ1n) is 12.6. The second-order valence-corrected chi connectivity index (χ2v) is 10.3. The van der Waals surface area contributed by atoms with Crippen LogP contribution in [0.2, 0.25) is 0 Å². The maximum atomic E-state index is 13.3. The molecule has 38 heavy (non-hydrogen) atoms. The zero-order chi connectivity index (χ0) is 27.7. The van der Waals surface area contributed by atoms with E-state index in [2.05, 4.69) is 11.9 Å². The third-order valence-corrected chi connectivity index (χ3v) is 7.36. The highest BCUT2D eigenvalue weighted by molar-refractivity contribution is 14.1. The summed E-state index contributed by atoms with van der Waals surface area (Å²) in [5.74, 6) is 0.00513. The van der Waals surface area contributed by atoms with Crippen molar-refractivity contribution >= 4 is 40.7 Å². The Morgan fingerprint density at radius 1 is 1.37 bits per heavy atom. The molecule has 208 valence electrons. The largest absolute Gasteiger partial charge is 0.493 e. The van der Waals surface area contributed by atoms with Crippen LogP contribution in [0.15, 0.2) is 36.4 Å². The topological polar surface area (TPSA) is 135 Å². The molecule has 1 aliphatic heterocycles. The van der Waals surface area contributed by atoms with Crippen LogP contribution in [-0.4, -0.2) is 91.0 Å². The number of hydrogen-bond acceptors (Lipinski definition) is 8. The molecule has 11 heteroatoms. The molecule has 0 saturated carbocycles. The Bertz CT molecular complexity index is 1040. The number of nitrogens with zero attached hydrogens (tertiary/aromatic N) is 1. The van der Waals surface area contributed by atoms with E-state index in [-0.39, 0.29) is 44.5 Å². The van der Waals surface area contributed by atoms with Gasteiger partial charge < -0.3 is 34.6 Å². The number of aliphatic hydroxyl groups excluding tert-OH is 2. The number of methoxy groups -OCH3 is 1. The highest BCUT2D eigenvalue weighted by atomic mass is 127. The minimum absolute atomic E-state index is 0.0612. The van der Waals surface area contributed by atoms with E-state index in [1.807, 2.05) is 22.6 Å². The van der Waals surface area contributed by atoms with Gasteiger partial charge in [-0.2, -0.15) is 0 Å². The number of carbonyl (C=O) groups excluding carboxylic acids is 3. The van der Waals surface area contributed by atoms with Crippen molar-refractivity contribution in [3.63, 3.8) is 0 Å². The van der Waals surface area contributed by atoms with Crippen LogP contribution in [-0.2, 0) is 14.3 Å². The fraction of sp³-hybridized carbons (Fsp3) is 0.519. The van der Waals surface area contributed by atoms with Crippen molar-refractivity contribution in [3.05, 3.63) is 45.6 Å². The molecule has 3 rings (SSSR count). The number of allylic oxidation sites excluding steroid dienone is 1. The predicted octanol–water partition coefficient (Wildman–Crippen LogP) is 2.00. The van der Waals surface area contributed by atoms with Gasteiger partial charge in [-0.15, -0.1) is 6.58 Å². The van der Waals surface area contributed by atoms with E-state index in [1.165, 1.54) is 19.3 Å². The quantitative estimate of drug-likeness (QED) is 0.169. The zero-order valence-electron chi connectivity index (χ0n) is 21.4. The van der Waals surface area contributed by atoms with E-state index in [0.717, 1.165) is 12.8 Å². The smallest absolute Gasteiger partial charge is 0.247 e. The zero-order valence-corrected chi connectivity index (χ0v) is 23.6. The van der Waals surface area contributed by atoms with Crippen LogP contribution in [0, 0.1) is 3.57 Å². The number of benzene rings is 1. The Morgan fingerprint density at radius 2 is 2.16 bits per heavy atom. The van der Waals surface area contributed by atoms with E-state index in [4.69, 9.17) is 14.2 Å². The fourth-order valence-electron chi connectivity index (χ4n) is 4.64. The number of nitrogens with one attached hydrogen (secondary N) is 1. The molecule has 1 heterocycles. The van der Waals surface area contributed by atoms with Gasteiger partial charge in [0.15, 0.2) is 11.5 Å². The standard InChI is InChI=1S/C27H35IN2O8/c1-3-4-7-24(33)30(15-19-6-5-10-37-19)21-13-18(27(35)29-8-9-31)14-22(25(21)34)38-26-20(28)11-17(16-32)12-23(26)36-2/h3,11-12,14,16,19,21-22,25,31,34H,1,4-10,13,15H2,2H3,(H,29,35). The van der Waals surface area contributed by atoms with Crippen molar-refractivity contribution in [1.29, 1.82) is 0 Å². The molecule has 0 spiro atoms. The number of carbonyl (C=O) groups is 3. The lowest BCUT2D eigenvalue weighted by atomic mass is 9.87. The number of rotatable bonds is 13. The van der Waals surface area contributed by atoms with Crippen molar-refractivity contribution in [1.82, 2.24) is 10.2 Å². The lowest BCUT2D eigenvalue weighted by Gasteiger charge is -2.41. The first kappa shape index (κ1) is 30.1. The number of hydrogen-bond donors (Lipinski definition) is 3. The molecule has 4 atom stereocenters.